The Bertz CT molecular complexity index is 1620. The van der Waals surface area contributed by atoms with Gasteiger partial charge in [-0.05, 0) is 61.3 Å². The van der Waals surface area contributed by atoms with Gasteiger partial charge in [-0.2, -0.15) is 0 Å². The number of likely N-dealkylation sites (N-methyl/N-ethyl adjacent to an activating group) is 1. The molecule has 42 heavy (non-hydrogen) atoms. The van der Waals surface area contributed by atoms with Crippen LogP contribution in [-0.4, -0.2) is 92.3 Å². The molecule has 0 bridgehead atoms. The van der Waals surface area contributed by atoms with Crippen molar-refractivity contribution in [3.05, 3.63) is 41.6 Å². The Morgan fingerprint density at radius 3 is 2.83 bits per heavy atom. The fraction of sp³-hybridized carbons (Fsp3) is 0.594. The molecule has 6 atom stereocenters. The maximum atomic E-state index is 14.5. The topological polar surface area (TPSA) is 118 Å². The number of rotatable bonds is 5. The Morgan fingerprint density at radius 1 is 1.29 bits per heavy atom. The third-order valence-corrected chi connectivity index (χ3v) is 9.93. The molecule has 4 aliphatic heterocycles. The first-order valence-corrected chi connectivity index (χ1v) is 15.1. The number of benzene rings is 1. The van der Waals surface area contributed by atoms with Gasteiger partial charge in [0, 0.05) is 46.3 Å². The van der Waals surface area contributed by atoms with Crippen molar-refractivity contribution in [2.75, 3.05) is 20.1 Å². The number of aromatic nitrogens is 1. The van der Waals surface area contributed by atoms with Crippen LogP contribution in [0.3, 0.4) is 0 Å². The van der Waals surface area contributed by atoms with Crippen LogP contribution in [0.4, 0.5) is 0 Å². The Labute approximate surface area is 250 Å². The summed E-state index contributed by atoms with van der Waals surface area (Å²) < 4.78 is 31.5. The maximum Gasteiger partial charge on any atom is 0.281 e. The number of hydrogen-bond acceptors (Lipinski definition) is 6. The number of fused-ring (bicyclic) bond motifs is 5. The highest BCUT2D eigenvalue weighted by atomic mass is 16.7. The Balaban J connectivity index is 1.27. The highest BCUT2D eigenvalue weighted by Gasteiger charge is 2.72. The van der Waals surface area contributed by atoms with Crippen LogP contribution >= 0.6 is 0 Å². The molecule has 224 valence electrons. The molecule has 2 aromatic rings. The molecule has 0 radical (unpaired) electrons. The predicted molar refractivity (Wildman–Crippen MR) is 156 cm³/mol. The van der Waals surface area contributed by atoms with E-state index in [2.05, 4.69) is 10.3 Å². The first-order valence-electron chi connectivity index (χ1n) is 16.6. The van der Waals surface area contributed by atoms with Gasteiger partial charge in [0.1, 0.15) is 12.1 Å². The van der Waals surface area contributed by atoms with Gasteiger partial charge >= 0.3 is 0 Å². The smallest absolute Gasteiger partial charge is 0.281 e. The number of nitrogens with one attached hydrogen (secondary N) is 2. The second-order valence-electron chi connectivity index (χ2n) is 13.3. The second kappa shape index (κ2) is 9.39. The number of aromatic amines is 1. The third-order valence-electron chi connectivity index (χ3n) is 9.93. The highest BCUT2D eigenvalue weighted by molar-refractivity contribution is 6.01. The first kappa shape index (κ1) is 24.3. The molecule has 1 aromatic heterocycles. The number of H-pyrrole nitrogens is 1. The summed E-state index contributed by atoms with van der Waals surface area (Å²) >= 11 is 0. The van der Waals surface area contributed by atoms with Gasteiger partial charge in [0.05, 0.1) is 5.92 Å². The monoisotopic (exact) mass is 578 g/mol. The predicted octanol–water partition coefficient (Wildman–Crippen LogP) is 2.43. The molecule has 10 heteroatoms. The Kier molecular flexibility index (Phi) is 5.42. The molecule has 3 saturated heterocycles. The molecule has 0 spiro atoms. The Morgan fingerprint density at radius 2 is 2.10 bits per heavy atom. The summed E-state index contributed by atoms with van der Waals surface area (Å²) in [4.78, 5) is 49.9. The van der Waals surface area contributed by atoms with E-state index in [4.69, 9.17) is 8.85 Å². The average molecular weight is 579 g/mol. The normalized spacial score (nSPS) is 35.6. The van der Waals surface area contributed by atoms with Gasteiger partial charge in [0.25, 0.3) is 11.8 Å². The molecule has 3 fully saturated rings. The molecule has 1 aromatic carbocycles. The number of carbonyl (C=O) groups excluding carboxylic acids is 3. The maximum absolute atomic E-state index is 14.5. The number of hydrogen-bond donors (Lipinski definition) is 3. The van der Waals surface area contributed by atoms with Gasteiger partial charge in [-0.25, -0.2) is 0 Å². The van der Waals surface area contributed by atoms with E-state index in [9.17, 15) is 19.5 Å². The second-order valence-corrected chi connectivity index (χ2v) is 13.3. The van der Waals surface area contributed by atoms with Crippen LogP contribution in [-0.2, 0) is 25.5 Å². The van der Waals surface area contributed by atoms with E-state index in [1.807, 2.05) is 44.3 Å². The number of aliphatic hydroxyl groups is 1. The molecule has 1 aliphatic carbocycles. The van der Waals surface area contributed by atoms with Crippen LogP contribution < -0.4 is 5.32 Å². The SMILES string of the molecule is [2H]C([2H])([2H])N1C[C@H](C(=O)N[C@]2(C(C)C)O[C@@]3(O)[C@@H]4CCCN4C(=O)[C@H](CC(C)C)N3C2=O)C=C2c3cccc4[nH]cc(c34)C[C@H]21. The zero-order valence-electron chi connectivity index (χ0n) is 27.5. The lowest BCUT2D eigenvalue weighted by Crippen LogP contribution is -2.71. The van der Waals surface area contributed by atoms with Crippen LogP contribution in [0, 0.1) is 17.8 Å². The minimum absolute atomic E-state index is 0.0481. The molecule has 0 unspecified atom stereocenters. The molecule has 3 amide bonds. The first-order chi connectivity index (χ1) is 21.2. The van der Waals surface area contributed by atoms with Crippen molar-refractivity contribution >= 4 is 34.2 Å². The molecule has 3 N–H and O–H groups in total. The summed E-state index contributed by atoms with van der Waals surface area (Å²) in [6.45, 7) is 5.24. The van der Waals surface area contributed by atoms with Crippen LogP contribution in [0.25, 0.3) is 16.5 Å². The summed E-state index contributed by atoms with van der Waals surface area (Å²) in [5.74, 6) is -5.07. The van der Waals surface area contributed by atoms with E-state index in [-0.39, 0.29) is 18.4 Å². The summed E-state index contributed by atoms with van der Waals surface area (Å²) in [5, 5.41) is 16.0. The van der Waals surface area contributed by atoms with Gasteiger partial charge in [0.15, 0.2) is 0 Å². The van der Waals surface area contributed by atoms with E-state index in [1.54, 1.807) is 18.7 Å². The zero-order valence-corrected chi connectivity index (χ0v) is 24.5. The summed E-state index contributed by atoms with van der Waals surface area (Å²) in [6, 6.07) is 3.68. The molecule has 0 saturated carbocycles. The molecule has 5 heterocycles. The number of amides is 3. The van der Waals surface area contributed by atoms with Crippen molar-refractivity contribution < 1.29 is 28.3 Å². The van der Waals surface area contributed by atoms with Gasteiger partial charge < -0.3 is 20.3 Å². The minimum atomic E-state index is -2.48. The van der Waals surface area contributed by atoms with Crippen molar-refractivity contribution in [3.63, 3.8) is 0 Å². The standard InChI is InChI=1S/C32H41N5O5/c1-17(2)12-25-29(39)36-11-7-10-26(36)32(41)37(25)30(40)31(42-32,18(3)4)34-28(38)20-13-22-21-8-6-9-23-27(21)19(15-33-23)14-24(22)35(5)16-20/h6,8-9,13,15,17-18,20,24-26,33,41H,7,10-12,14,16H2,1-5H3,(H,34,38)/t20-,24-,25+,26+,31-,32+/m1/s1/i5D3. The van der Waals surface area contributed by atoms with Gasteiger partial charge in [-0.15, -0.1) is 0 Å². The fourth-order valence-corrected chi connectivity index (χ4v) is 7.89. The third kappa shape index (κ3) is 3.70. The van der Waals surface area contributed by atoms with Crippen LogP contribution in [0.2, 0.25) is 0 Å². The quantitative estimate of drug-likeness (QED) is 0.502. The molecular formula is C32H41N5O5. The number of piperazine rings is 1. The summed E-state index contributed by atoms with van der Waals surface area (Å²) in [7, 11) is 0. The number of carbonyl (C=O) groups is 3. The van der Waals surface area contributed by atoms with Crippen molar-refractivity contribution in [2.24, 2.45) is 17.8 Å². The van der Waals surface area contributed by atoms with E-state index in [0.29, 0.717) is 32.2 Å². The van der Waals surface area contributed by atoms with Crippen LogP contribution in [0.5, 0.6) is 0 Å². The van der Waals surface area contributed by atoms with Crippen LogP contribution in [0.15, 0.2) is 30.5 Å². The van der Waals surface area contributed by atoms with Gasteiger partial charge in [-0.3, -0.25) is 28.9 Å². The van der Waals surface area contributed by atoms with Crippen molar-refractivity contribution in [2.45, 2.75) is 83.1 Å². The lowest BCUT2D eigenvalue weighted by Gasteiger charge is -2.49. The lowest BCUT2D eigenvalue weighted by molar-refractivity contribution is -0.322. The van der Waals surface area contributed by atoms with Crippen molar-refractivity contribution in [1.82, 2.24) is 25.0 Å². The van der Waals surface area contributed by atoms with Gasteiger partial charge in [0.2, 0.25) is 17.5 Å². The highest BCUT2D eigenvalue weighted by Crippen LogP contribution is 2.48. The largest absolute Gasteiger partial charge is 0.361 e. The van der Waals surface area contributed by atoms with E-state index in [1.165, 1.54) is 9.80 Å². The molecular weight excluding hydrogens is 534 g/mol. The van der Waals surface area contributed by atoms with E-state index < -0.39 is 60.4 Å². The van der Waals surface area contributed by atoms with Gasteiger partial charge in [-0.1, -0.05) is 45.9 Å². The van der Waals surface area contributed by atoms with E-state index in [0.717, 1.165) is 27.6 Å². The average Bonchev–Trinajstić information content (AvgIpc) is 3.68. The summed E-state index contributed by atoms with van der Waals surface area (Å²) in [5.41, 5.74) is 1.64. The number of ether oxygens (including phenoxy) is 1. The van der Waals surface area contributed by atoms with E-state index >= 15 is 0 Å². The van der Waals surface area contributed by atoms with Crippen molar-refractivity contribution in [1.29, 1.82) is 0 Å². The molecule has 5 aliphatic rings. The number of nitrogens with zero attached hydrogens (tertiary/aromatic N) is 3. The molecule has 10 nitrogen and oxygen atoms in total. The summed E-state index contributed by atoms with van der Waals surface area (Å²) in [6.07, 6.45) is 5.68. The lowest BCUT2D eigenvalue weighted by atomic mass is 9.79. The minimum Gasteiger partial charge on any atom is -0.361 e. The Hall–Kier alpha value is -3.21. The molecule has 7 rings (SSSR count). The van der Waals surface area contributed by atoms with Crippen LogP contribution in [0.1, 0.15) is 62.2 Å². The van der Waals surface area contributed by atoms with Crippen molar-refractivity contribution in [3.8, 4) is 0 Å². The fourth-order valence-electron chi connectivity index (χ4n) is 7.89. The zero-order chi connectivity index (χ0) is 32.2.